The minimum atomic E-state index is -0.154. The van der Waals surface area contributed by atoms with Gasteiger partial charge in [-0.3, -0.25) is 14.3 Å². The van der Waals surface area contributed by atoms with Gasteiger partial charge in [0.2, 0.25) is 0 Å². The Kier molecular flexibility index (Phi) is 2.13. The second kappa shape index (κ2) is 3.95. The van der Waals surface area contributed by atoms with Gasteiger partial charge < -0.3 is 0 Å². The summed E-state index contributed by atoms with van der Waals surface area (Å²) in [6, 6.07) is 5.36. The summed E-state index contributed by atoms with van der Waals surface area (Å²) < 4.78 is 3.10. The second-order valence-corrected chi connectivity index (χ2v) is 4.23. The van der Waals surface area contributed by atoms with Crippen molar-refractivity contribution < 1.29 is 0 Å². The van der Waals surface area contributed by atoms with Crippen LogP contribution < -0.4 is 5.56 Å². The molecule has 0 aliphatic rings. The van der Waals surface area contributed by atoms with E-state index in [0.29, 0.717) is 16.7 Å². The number of fused-ring (bicyclic) bond motifs is 3. The van der Waals surface area contributed by atoms with Crippen LogP contribution in [0.4, 0.5) is 0 Å². The van der Waals surface area contributed by atoms with E-state index in [9.17, 15) is 4.79 Å². The van der Waals surface area contributed by atoms with Crippen molar-refractivity contribution in [3.63, 3.8) is 0 Å². The Morgan fingerprint density at radius 1 is 1.05 bits per heavy atom. The first-order valence-corrected chi connectivity index (χ1v) is 5.95. The maximum Gasteiger partial charge on any atom is 0.266 e. The van der Waals surface area contributed by atoms with Gasteiger partial charge >= 0.3 is 0 Å². The fourth-order valence-corrected chi connectivity index (χ4v) is 2.17. The summed E-state index contributed by atoms with van der Waals surface area (Å²) in [5.41, 5.74) is 1.28. The standard InChI is InChI=1S/C13H8N6O/c20-12-10-7-15-13-16-8-17-19(13)11(10)3-6-18(12)9-1-4-14-5-2-9/h1-8H. The molecule has 0 bridgehead atoms. The Hall–Kier alpha value is -3.09. The molecular weight excluding hydrogens is 256 g/mol. The van der Waals surface area contributed by atoms with Gasteiger partial charge in [0.15, 0.2) is 0 Å². The Morgan fingerprint density at radius 3 is 2.75 bits per heavy atom. The molecule has 0 atom stereocenters. The maximum absolute atomic E-state index is 12.5. The van der Waals surface area contributed by atoms with E-state index in [1.54, 1.807) is 39.8 Å². The summed E-state index contributed by atoms with van der Waals surface area (Å²) in [5, 5.41) is 4.56. The predicted molar refractivity (Wildman–Crippen MR) is 71.7 cm³/mol. The molecule has 0 radical (unpaired) electrons. The summed E-state index contributed by atoms with van der Waals surface area (Å²) in [7, 11) is 0. The topological polar surface area (TPSA) is 78.0 Å². The number of pyridine rings is 2. The molecule has 0 fully saturated rings. The van der Waals surface area contributed by atoms with Gasteiger partial charge in [-0.1, -0.05) is 0 Å². The molecule has 0 N–H and O–H groups in total. The fraction of sp³-hybridized carbons (Fsp3) is 0. The Morgan fingerprint density at radius 2 is 1.90 bits per heavy atom. The molecule has 7 heteroatoms. The van der Waals surface area contributed by atoms with Crippen LogP contribution >= 0.6 is 0 Å². The zero-order chi connectivity index (χ0) is 13.5. The third-order valence-corrected chi connectivity index (χ3v) is 3.11. The van der Waals surface area contributed by atoms with Crippen molar-refractivity contribution in [1.82, 2.24) is 29.1 Å². The molecule has 0 aliphatic heterocycles. The van der Waals surface area contributed by atoms with Crippen LogP contribution in [0.5, 0.6) is 0 Å². The van der Waals surface area contributed by atoms with E-state index in [0.717, 1.165) is 5.69 Å². The summed E-state index contributed by atoms with van der Waals surface area (Å²) in [4.78, 5) is 24.6. The molecule has 0 saturated heterocycles. The van der Waals surface area contributed by atoms with Crippen LogP contribution in [-0.4, -0.2) is 29.1 Å². The van der Waals surface area contributed by atoms with Gasteiger partial charge in [-0.25, -0.2) is 4.98 Å². The third-order valence-electron chi connectivity index (χ3n) is 3.11. The normalized spacial score (nSPS) is 11.2. The van der Waals surface area contributed by atoms with Gasteiger partial charge in [0, 0.05) is 24.8 Å². The molecule has 7 nitrogen and oxygen atoms in total. The molecule has 0 unspecified atom stereocenters. The molecule has 0 spiro atoms. The molecule has 0 aromatic carbocycles. The van der Waals surface area contributed by atoms with Crippen LogP contribution in [-0.2, 0) is 0 Å². The van der Waals surface area contributed by atoms with Crippen molar-refractivity contribution >= 4 is 16.7 Å². The monoisotopic (exact) mass is 264 g/mol. The van der Waals surface area contributed by atoms with Crippen molar-refractivity contribution in [2.45, 2.75) is 0 Å². The smallest absolute Gasteiger partial charge is 0.266 e. The van der Waals surface area contributed by atoms with E-state index in [1.807, 2.05) is 6.07 Å². The van der Waals surface area contributed by atoms with Crippen molar-refractivity contribution in [1.29, 1.82) is 0 Å². The van der Waals surface area contributed by atoms with Crippen LogP contribution in [0, 0.1) is 0 Å². The highest BCUT2D eigenvalue weighted by Crippen LogP contribution is 2.11. The highest BCUT2D eigenvalue weighted by atomic mass is 16.1. The zero-order valence-corrected chi connectivity index (χ0v) is 10.2. The average molecular weight is 264 g/mol. The highest BCUT2D eigenvalue weighted by Gasteiger charge is 2.09. The third kappa shape index (κ3) is 1.43. The molecule has 0 amide bonds. The van der Waals surface area contributed by atoms with Gasteiger partial charge in [0.1, 0.15) is 6.33 Å². The minimum Gasteiger partial charge on any atom is -0.284 e. The summed E-state index contributed by atoms with van der Waals surface area (Å²) in [6.45, 7) is 0. The molecule has 0 saturated carbocycles. The number of aromatic nitrogens is 6. The summed E-state index contributed by atoms with van der Waals surface area (Å²) >= 11 is 0. The van der Waals surface area contributed by atoms with Gasteiger partial charge in [-0.05, 0) is 18.2 Å². The van der Waals surface area contributed by atoms with E-state index in [-0.39, 0.29) is 5.56 Å². The lowest BCUT2D eigenvalue weighted by atomic mass is 10.3. The first kappa shape index (κ1) is 10.8. The van der Waals surface area contributed by atoms with Crippen LogP contribution in [0.2, 0.25) is 0 Å². The van der Waals surface area contributed by atoms with Crippen molar-refractivity contribution in [3.05, 3.63) is 59.7 Å². The average Bonchev–Trinajstić information content (AvgIpc) is 2.97. The molecule has 96 valence electrons. The SMILES string of the molecule is O=c1c2cnc3ncnn3c2ccn1-c1ccncc1. The molecular formula is C13H8N6O. The first-order chi connectivity index (χ1) is 9.84. The fourth-order valence-electron chi connectivity index (χ4n) is 2.17. The van der Waals surface area contributed by atoms with Crippen molar-refractivity contribution in [2.75, 3.05) is 0 Å². The van der Waals surface area contributed by atoms with Crippen LogP contribution in [0.1, 0.15) is 0 Å². The number of rotatable bonds is 1. The van der Waals surface area contributed by atoms with Gasteiger partial charge in [0.05, 0.1) is 16.6 Å². The second-order valence-electron chi connectivity index (χ2n) is 4.23. The largest absolute Gasteiger partial charge is 0.284 e. The van der Waals surface area contributed by atoms with E-state index in [2.05, 4.69) is 20.1 Å². The molecule has 0 aliphatic carbocycles. The Labute approximate surface area is 112 Å². The van der Waals surface area contributed by atoms with Gasteiger partial charge in [-0.2, -0.15) is 14.6 Å². The predicted octanol–water partition coefficient (Wildman–Crippen LogP) is 0.823. The zero-order valence-electron chi connectivity index (χ0n) is 10.2. The van der Waals surface area contributed by atoms with Crippen LogP contribution in [0.15, 0.2) is 54.1 Å². The maximum atomic E-state index is 12.5. The van der Waals surface area contributed by atoms with Gasteiger partial charge in [-0.15, -0.1) is 0 Å². The quantitative estimate of drug-likeness (QED) is 0.508. The Balaban J connectivity index is 2.10. The number of hydrogen-bond donors (Lipinski definition) is 0. The van der Waals surface area contributed by atoms with Crippen molar-refractivity contribution in [3.8, 4) is 5.69 Å². The summed E-state index contributed by atoms with van der Waals surface area (Å²) in [5.74, 6) is 0.471. The van der Waals surface area contributed by atoms with E-state index in [4.69, 9.17) is 0 Å². The highest BCUT2D eigenvalue weighted by molar-refractivity contribution is 5.78. The molecule has 4 aromatic rings. The first-order valence-electron chi connectivity index (χ1n) is 5.95. The van der Waals surface area contributed by atoms with Crippen LogP contribution in [0.25, 0.3) is 22.4 Å². The molecule has 4 rings (SSSR count). The molecule has 4 heterocycles. The minimum absolute atomic E-state index is 0.154. The van der Waals surface area contributed by atoms with E-state index >= 15 is 0 Å². The Bertz CT molecular complexity index is 972. The lowest BCUT2D eigenvalue weighted by Crippen LogP contribution is -2.18. The summed E-state index contributed by atoms with van der Waals surface area (Å²) in [6.07, 6.45) is 7.94. The molecule has 4 aromatic heterocycles. The van der Waals surface area contributed by atoms with E-state index in [1.165, 1.54) is 12.5 Å². The number of nitrogens with zero attached hydrogens (tertiary/aromatic N) is 6. The van der Waals surface area contributed by atoms with Crippen molar-refractivity contribution in [2.24, 2.45) is 0 Å². The lowest BCUT2D eigenvalue weighted by molar-refractivity contribution is 0.956. The van der Waals surface area contributed by atoms with Crippen LogP contribution in [0.3, 0.4) is 0 Å². The lowest BCUT2D eigenvalue weighted by Gasteiger charge is -2.06. The van der Waals surface area contributed by atoms with Gasteiger partial charge in [0.25, 0.3) is 11.3 Å². The van der Waals surface area contributed by atoms with E-state index < -0.39 is 0 Å². The number of hydrogen-bond acceptors (Lipinski definition) is 5. The molecule has 20 heavy (non-hydrogen) atoms.